The van der Waals surface area contributed by atoms with Crippen molar-refractivity contribution in [2.75, 3.05) is 13.1 Å². The normalized spacial score (nSPS) is 31.0. The van der Waals surface area contributed by atoms with Gasteiger partial charge in [0.15, 0.2) is 17.6 Å². The van der Waals surface area contributed by atoms with Gasteiger partial charge in [-0.15, -0.1) is 0 Å². The molecule has 4 atom stereocenters. The van der Waals surface area contributed by atoms with E-state index in [0.29, 0.717) is 5.56 Å². The van der Waals surface area contributed by atoms with Gasteiger partial charge >= 0.3 is 0 Å². The Morgan fingerprint density at radius 2 is 1.89 bits per heavy atom. The molecule has 2 saturated heterocycles. The van der Waals surface area contributed by atoms with Crippen LogP contribution in [0.5, 0.6) is 0 Å². The third kappa shape index (κ3) is 3.18. The number of benzene rings is 1. The molecule has 4 aliphatic rings. The second-order valence-electron chi connectivity index (χ2n) is 9.41. The number of aryl methyl sites for hydroxylation is 1. The number of amides is 3. The maximum atomic E-state index is 13.1. The van der Waals surface area contributed by atoms with Crippen molar-refractivity contribution in [3.8, 4) is 0 Å². The van der Waals surface area contributed by atoms with E-state index in [1.807, 2.05) is 19.9 Å². The van der Waals surface area contributed by atoms with Gasteiger partial charge < -0.3 is 37.2 Å². The zero-order chi connectivity index (χ0) is 25.3. The average Bonchev–Trinajstić information content (AvgIpc) is 3.38. The number of aliphatic imine (C=N–C) groups is 2. The monoisotopic (exact) mass is 484 g/mol. The molecule has 3 amide bonds. The molecule has 2 fully saturated rings. The molecule has 13 heteroatoms. The van der Waals surface area contributed by atoms with E-state index in [1.165, 1.54) is 4.90 Å². The Balaban J connectivity index is 1.48. The highest BCUT2D eigenvalue weighted by atomic mass is 16.5. The van der Waals surface area contributed by atoms with E-state index in [2.05, 4.69) is 20.6 Å². The van der Waals surface area contributed by atoms with Crippen molar-refractivity contribution in [1.82, 2.24) is 20.4 Å². The maximum Gasteiger partial charge on any atom is 0.252 e. The maximum absolute atomic E-state index is 13.1. The Hall–Kier alpha value is -3.71. The minimum absolute atomic E-state index is 0.0568. The SMILES string of the molecule is Cc1cccc(C(=O)NC2CN3C(N)=NC(CN4C(=O)CCC4=O)[C@@H]4N=C(N)N[C@@]43C2(O)O)c1C. The standard InChI is InChI=1S/C22H28N8O5/c1-10-4-3-5-12(11(10)2)18(33)26-14-9-30-20(24)25-13(8-29-15(31)6-7-16(29)32)17-21(30,22(14,34)35)28-19(23)27-17/h3-5,13-14,17,34-35H,6-9H2,1-2H3,(H2,24,25)(H,26,33)(H3,23,27,28)/t13?,14?,17-,21-/m0/s1. The minimum Gasteiger partial charge on any atom is -0.370 e. The first-order chi connectivity index (χ1) is 16.5. The molecule has 8 N–H and O–H groups in total. The van der Waals surface area contributed by atoms with Crippen LogP contribution in [0.2, 0.25) is 0 Å². The van der Waals surface area contributed by atoms with Crippen LogP contribution >= 0.6 is 0 Å². The zero-order valence-corrected chi connectivity index (χ0v) is 19.4. The highest BCUT2D eigenvalue weighted by Crippen LogP contribution is 2.45. The van der Waals surface area contributed by atoms with Crippen LogP contribution in [-0.4, -0.2) is 92.3 Å². The molecule has 4 heterocycles. The quantitative estimate of drug-likeness (QED) is 0.193. The molecule has 186 valence electrons. The van der Waals surface area contributed by atoms with Crippen LogP contribution in [0.1, 0.15) is 34.3 Å². The van der Waals surface area contributed by atoms with Gasteiger partial charge in [-0.25, -0.2) is 9.98 Å². The molecule has 0 bridgehead atoms. The van der Waals surface area contributed by atoms with Gasteiger partial charge in [-0.2, -0.15) is 0 Å². The van der Waals surface area contributed by atoms with Crippen molar-refractivity contribution in [2.45, 2.75) is 56.3 Å². The van der Waals surface area contributed by atoms with Crippen molar-refractivity contribution in [2.24, 2.45) is 21.5 Å². The Kier molecular flexibility index (Phi) is 5.04. The number of hydrogen-bond donors (Lipinski definition) is 6. The van der Waals surface area contributed by atoms with Crippen LogP contribution in [0.25, 0.3) is 0 Å². The number of carbonyl (C=O) groups is 3. The molecule has 4 aliphatic heterocycles. The van der Waals surface area contributed by atoms with E-state index in [-0.39, 0.29) is 49.7 Å². The average molecular weight is 485 g/mol. The van der Waals surface area contributed by atoms with Crippen LogP contribution in [0.15, 0.2) is 28.2 Å². The predicted molar refractivity (Wildman–Crippen MR) is 124 cm³/mol. The molecule has 0 aliphatic carbocycles. The summed E-state index contributed by atoms with van der Waals surface area (Å²) in [6.45, 7) is 3.46. The molecule has 35 heavy (non-hydrogen) atoms. The lowest BCUT2D eigenvalue weighted by atomic mass is 9.84. The predicted octanol–water partition coefficient (Wildman–Crippen LogP) is -2.77. The van der Waals surface area contributed by atoms with Crippen molar-refractivity contribution in [3.05, 3.63) is 34.9 Å². The number of rotatable bonds is 4. The summed E-state index contributed by atoms with van der Waals surface area (Å²) < 4.78 is 0. The zero-order valence-electron chi connectivity index (χ0n) is 19.4. The van der Waals surface area contributed by atoms with Gasteiger partial charge in [0, 0.05) is 24.9 Å². The molecule has 1 aromatic rings. The first kappa shape index (κ1) is 23.1. The number of nitrogens with zero attached hydrogens (tertiary/aromatic N) is 4. The number of nitrogens with two attached hydrogens (primary N) is 2. The minimum atomic E-state index is -2.60. The second kappa shape index (κ2) is 7.65. The molecule has 5 rings (SSSR count). The number of hydrogen-bond acceptors (Lipinski definition) is 11. The van der Waals surface area contributed by atoms with Crippen LogP contribution in [0.4, 0.5) is 0 Å². The summed E-state index contributed by atoms with van der Waals surface area (Å²) in [7, 11) is 0. The van der Waals surface area contributed by atoms with Crippen molar-refractivity contribution < 1.29 is 24.6 Å². The number of nitrogens with one attached hydrogen (secondary N) is 2. The summed E-state index contributed by atoms with van der Waals surface area (Å²) in [5.74, 6) is -3.90. The summed E-state index contributed by atoms with van der Waals surface area (Å²) in [4.78, 5) is 48.8. The molecule has 1 aromatic carbocycles. The smallest absolute Gasteiger partial charge is 0.252 e. The summed E-state index contributed by atoms with van der Waals surface area (Å²) in [6, 6.07) is 2.20. The molecule has 1 spiro atoms. The molecule has 2 unspecified atom stereocenters. The van der Waals surface area contributed by atoms with Crippen molar-refractivity contribution in [1.29, 1.82) is 0 Å². The molecular weight excluding hydrogens is 456 g/mol. The highest BCUT2D eigenvalue weighted by molar-refractivity contribution is 6.02. The van der Waals surface area contributed by atoms with Crippen LogP contribution in [0, 0.1) is 13.8 Å². The fourth-order valence-corrected chi connectivity index (χ4v) is 5.48. The van der Waals surface area contributed by atoms with Gasteiger partial charge in [0.1, 0.15) is 12.1 Å². The fraction of sp³-hybridized carbons (Fsp3) is 0.500. The topological polar surface area (TPSA) is 199 Å². The summed E-state index contributed by atoms with van der Waals surface area (Å²) in [6.07, 6.45) is 0.208. The Morgan fingerprint density at radius 1 is 1.20 bits per heavy atom. The number of carbonyl (C=O) groups excluding carboxylic acids is 3. The first-order valence-electron chi connectivity index (χ1n) is 11.3. The number of guanidine groups is 2. The van der Waals surface area contributed by atoms with E-state index >= 15 is 0 Å². The Labute approximate surface area is 200 Å². The van der Waals surface area contributed by atoms with Crippen LogP contribution in [-0.2, 0) is 9.59 Å². The van der Waals surface area contributed by atoms with Gasteiger partial charge in [-0.3, -0.25) is 19.3 Å². The highest BCUT2D eigenvalue weighted by Gasteiger charge is 2.73. The summed E-state index contributed by atoms with van der Waals surface area (Å²) in [5.41, 5.74) is 12.5. The van der Waals surface area contributed by atoms with Crippen molar-refractivity contribution >= 4 is 29.6 Å². The lowest BCUT2D eigenvalue weighted by Gasteiger charge is -2.49. The van der Waals surface area contributed by atoms with E-state index < -0.39 is 35.5 Å². The van der Waals surface area contributed by atoms with Crippen LogP contribution < -0.4 is 22.1 Å². The Bertz CT molecular complexity index is 1180. The lowest BCUT2D eigenvalue weighted by molar-refractivity contribution is -0.230. The molecule has 13 nitrogen and oxygen atoms in total. The van der Waals surface area contributed by atoms with Gasteiger partial charge in [-0.05, 0) is 31.0 Å². The van der Waals surface area contributed by atoms with E-state index in [0.717, 1.165) is 16.0 Å². The number of imide groups is 1. The lowest BCUT2D eigenvalue weighted by Crippen LogP contribution is -2.78. The summed E-state index contributed by atoms with van der Waals surface area (Å²) in [5, 5.41) is 28.6. The van der Waals surface area contributed by atoms with Crippen molar-refractivity contribution in [3.63, 3.8) is 0 Å². The van der Waals surface area contributed by atoms with E-state index in [4.69, 9.17) is 11.5 Å². The fourth-order valence-electron chi connectivity index (χ4n) is 5.48. The molecule has 0 aromatic heterocycles. The van der Waals surface area contributed by atoms with Gasteiger partial charge in [0.2, 0.25) is 17.6 Å². The van der Waals surface area contributed by atoms with E-state index in [9.17, 15) is 24.6 Å². The van der Waals surface area contributed by atoms with Gasteiger partial charge in [0.05, 0.1) is 12.6 Å². The second-order valence-corrected chi connectivity index (χ2v) is 9.41. The van der Waals surface area contributed by atoms with Crippen LogP contribution in [0.3, 0.4) is 0 Å². The third-order valence-electron chi connectivity index (χ3n) is 7.48. The summed E-state index contributed by atoms with van der Waals surface area (Å²) >= 11 is 0. The van der Waals surface area contributed by atoms with Gasteiger partial charge in [-0.1, -0.05) is 12.1 Å². The van der Waals surface area contributed by atoms with E-state index in [1.54, 1.807) is 12.1 Å². The van der Waals surface area contributed by atoms with Gasteiger partial charge in [0.25, 0.3) is 5.91 Å². The Morgan fingerprint density at radius 3 is 2.57 bits per heavy atom. The largest absolute Gasteiger partial charge is 0.370 e. The number of likely N-dealkylation sites (tertiary alicyclic amines) is 1. The molecule has 0 saturated carbocycles. The third-order valence-corrected chi connectivity index (χ3v) is 7.48. The molecule has 0 radical (unpaired) electrons. The molecular formula is C22H28N8O5. The number of aliphatic hydroxyl groups is 2. The first-order valence-corrected chi connectivity index (χ1v) is 11.3.